The van der Waals surface area contributed by atoms with Gasteiger partial charge >= 0.3 is 0 Å². The van der Waals surface area contributed by atoms with Crippen molar-refractivity contribution in [1.29, 1.82) is 0 Å². The van der Waals surface area contributed by atoms with E-state index in [1.54, 1.807) is 12.4 Å². The number of nitrogens with zero attached hydrogens (tertiary/aromatic N) is 3. The molecule has 4 heteroatoms. The third-order valence-electron chi connectivity index (χ3n) is 2.21. The van der Waals surface area contributed by atoms with Crippen LogP contribution in [0, 0.1) is 0 Å². The summed E-state index contributed by atoms with van der Waals surface area (Å²) in [6, 6.07) is 7.91. The first-order chi connectivity index (χ1) is 7.88. The molecule has 0 fully saturated rings. The Balaban J connectivity index is 2.05. The number of aromatic nitrogens is 3. The fraction of sp³-hybridized carbons (Fsp3) is 0.250. The molecule has 0 bridgehead atoms. The van der Waals surface area contributed by atoms with Crippen LogP contribution >= 0.6 is 0 Å². The maximum atomic E-state index is 4.16. The largest absolute Gasteiger partial charge is 0.369 e. The Morgan fingerprint density at radius 2 is 1.88 bits per heavy atom. The van der Waals surface area contributed by atoms with Crippen molar-refractivity contribution in [2.75, 3.05) is 11.9 Å². The standard InChI is InChI=1S/C12H14N4/c1-2-14-12-4-3-11(15-16-12)9-10-5-7-13-8-6-10/h3-8H,2,9H2,1H3,(H,14,16). The van der Waals surface area contributed by atoms with Crippen molar-refractivity contribution < 1.29 is 0 Å². The summed E-state index contributed by atoms with van der Waals surface area (Å²) in [7, 11) is 0. The Bertz CT molecular complexity index is 425. The van der Waals surface area contributed by atoms with Crippen LogP contribution in [0.25, 0.3) is 0 Å². The third-order valence-corrected chi connectivity index (χ3v) is 2.21. The summed E-state index contributed by atoms with van der Waals surface area (Å²) < 4.78 is 0. The van der Waals surface area contributed by atoms with Gasteiger partial charge in [-0.05, 0) is 36.8 Å². The molecule has 2 aromatic rings. The molecule has 2 aromatic heterocycles. The van der Waals surface area contributed by atoms with E-state index in [0.717, 1.165) is 24.5 Å². The van der Waals surface area contributed by atoms with Gasteiger partial charge in [0.2, 0.25) is 0 Å². The molecule has 0 saturated carbocycles. The second-order valence-corrected chi connectivity index (χ2v) is 3.47. The predicted molar refractivity (Wildman–Crippen MR) is 63.2 cm³/mol. The molecule has 0 aliphatic heterocycles. The van der Waals surface area contributed by atoms with Crippen molar-refractivity contribution in [3.05, 3.63) is 47.9 Å². The lowest BCUT2D eigenvalue weighted by atomic mass is 10.1. The van der Waals surface area contributed by atoms with Crippen LogP contribution in [0.4, 0.5) is 5.82 Å². The first-order valence-electron chi connectivity index (χ1n) is 5.34. The normalized spacial score (nSPS) is 10.1. The Morgan fingerprint density at radius 3 is 2.50 bits per heavy atom. The van der Waals surface area contributed by atoms with E-state index in [1.165, 1.54) is 5.56 Å². The van der Waals surface area contributed by atoms with Gasteiger partial charge in [0.25, 0.3) is 0 Å². The van der Waals surface area contributed by atoms with Gasteiger partial charge in [0.05, 0.1) is 5.69 Å². The Hall–Kier alpha value is -1.97. The molecule has 2 heterocycles. The van der Waals surface area contributed by atoms with Crippen molar-refractivity contribution in [3.8, 4) is 0 Å². The molecule has 0 amide bonds. The molecule has 0 aromatic carbocycles. The van der Waals surface area contributed by atoms with Crippen LogP contribution in [-0.2, 0) is 6.42 Å². The second-order valence-electron chi connectivity index (χ2n) is 3.47. The van der Waals surface area contributed by atoms with E-state index in [0.29, 0.717) is 0 Å². The number of anilines is 1. The van der Waals surface area contributed by atoms with Crippen LogP contribution in [0.2, 0.25) is 0 Å². The van der Waals surface area contributed by atoms with Gasteiger partial charge in [0.15, 0.2) is 0 Å². The van der Waals surface area contributed by atoms with Gasteiger partial charge in [-0.1, -0.05) is 0 Å². The van der Waals surface area contributed by atoms with Crippen LogP contribution < -0.4 is 5.32 Å². The van der Waals surface area contributed by atoms with Crippen molar-refractivity contribution in [1.82, 2.24) is 15.2 Å². The van der Waals surface area contributed by atoms with Gasteiger partial charge in [-0.2, -0.15) is 5.10 Å². The average Bonchev–Trinajstić information content (AvgIpc) is 2.33. The van der Waals surface area contributed by atoms with Gasteiger partial charge in [-0.3, -0.25) is 4.98 Å². The number of pyridine rings is 1. The molecular weight excluding hydrogens is 200 g/mol. The topological polar surface area (TPSA) is 50.7 Å². The first kappa shape index (κ1) is 10.5. The molecule has 0 radical (unpaired) electrons. The molecule has 82 valence electrons. The molecule has 0 unspecified atom stereocenters. The van der Waals surface area contributed by atoms with Crippen molar-refractivity contribution >= 4 is 5.82 Å². The molecule has 4 nitrogen and oxygen atoms in total. The minimum Gasteiger partial charge on any atom is -0.369 e. The minimum atomic E-state index is 0.794. The van der Waals surface area contributed by atoms with Crippen LogP contribution in [0.1, 0.15) is 18.2 Å². The van der Waals surface area contributed by atoms with Crippen LogP contribution in [0.15, 0.2) is 36.7 Å². The van der Waals surface area contributed by atoms with E-state index in [4.69, 9.17) is 0 Å². The summed E-state index contributed by atoms with van der Waals surface area (Å²) in [6.45, 7) is 2.89. The monoisotopic (exact) mass is 214 g/mol. The highest BCUT2D eigenvalue weighted by Crippen LogP contribution is 2.07. The Labute approximate surface area is 94.8 Å². The Morgan fingerprint density at radius 1 is 1.06 bits per heavy atom. The molecule has 0 aliphatic rings. The lowest BCUT2D eigenvalue weighted by Gasteiger charge is -2.02. The maximum absolute atomic E-state index is 4.16. The highest BCUT2D eigenvalue weighted by Gasteiger charge is 1.98. The van der Waals surface area contributed by atoms with Crippen molar-refractivity contribution in [3.63, 3.8) is 0 Å². The average molecular weight is 214 g/mol. The molecule has 1 N–H and O–H groups in total. The van der Waals surface area contributed by atoms with Crippen molar-refractivity contribution in [2.45, 2.75) is 13.3 Å². The smallest absolute Gasteiger partial charge is 0.148 e. The lowest BCUT2D eigenvalue weighted by molar-refractivity contribution is 0.930. The minimum absolute atomic E-state index is 0.794. The highest BCUT2D eigenvalue weighted by molar-refractivity contribution is 5.33. The SMILES string of the molecule is CCNc1ccc(Cc2ccncc2)nn1. The molecule has 0 spiro atoms. The predicted octanol–water partition coefficient (Wildman–Crippen LogP) is 1.89. The summed E-state index contributed by atoms with van der Waals surface area (Å²) in [5, 5.41) is 11.4. The zero-order valence-corrected chi connectivity index (χ0v) is 9.22. The van der Waals surface area contributed by atoms with E-state index in [1.807, 2.05) is 31.2 Å². The lowest BCUT2D eigenvalue weighted by Crippen LogP contribution is -2.02. The quantitative estimate of drug-likeness (QED) is 0.844. The molecule has 2 rings (SSSR count). The van der Waals surface area contributed by atoms with E-state index in [2.05, 4.69) is 20.5 Å². The summed E-state index contributed by atoms with van der Waals surface area (Å²) in [5.41, 5.74) is 2.16. The number of rotatable bonds is 4. The molecular formula is C12H14N4. The highest BCUT2D eigenvalue weighted by atomic mass is 15.2. The van der Waals surface area contributed by atoms with E-state index >= 15 is 0 Å². The van der Waals surface area contributed by atoms with Gasteiger partial charge in [-0.15, -0.1) is 5.10 Å². The Kier molecular flexibility index (Phi) is 3.43. The van der Waals surface area contributed by atoms with Gasteiger partial charge < -0.3 is 5.32 Å². The fourth-order valence-electron chi connectivity index (χ4n) is 1.44. The summed E-state index contributed by atoms with van der Waals surface area (Å²) in [5.74, 6) is 0.820. The van der Waals surface area contributed by atoms with Crippen molar-refractivity contribution in [2.24, 2.45) is 0 Å². The summed E-state index contributed by atoms with van der Waals surface area (Å²) >= 11 is 0. The van der Waals surface area contributed by atoms with E-state index in [9.17, 15) is 0 Å². The first-order valence-corrected chi connectivity index (χ1v) is 5.34. The molecule has 0 atom stereocenters. The van der Waals surface area contributed by atoms with Crippen LogP contribution in [0.5, 0.6) is 0 Å². The fourth-order valence-corrected chi connectivity index (χ4v) is 1.44. The van der Waals surface area contributed by atoms with Gasteiger partial charge in [0, 0.05) is 25.4 Å². The summed E-state index contributed by atoms with van der Waals surface area (Å²) in [4.78, 5) is 3.98. The molecule has 0 saturated heterocycles. The number of hydrogen-bond donors (Lipinski definition) is 1. The van der Waals surface area contributed by atoms with E-state index in [-0.39, 0.29) is 0 Å². The second kappa shape index (κ2) is 5.21. The van der Waals surface area contributed by atoms with Gasteiger partial charge in [0.1, 0.15) is 5.82 Å². The van der Waals surface area contributed by atoms with Gasteiger partial charge in [-0.25, -0.2) is 0 Å². The van der Waals surface area contributed by atoms with Crippen LogP contribution in [-0.4, -0.2) is 21.7 Å². The van der Waals surface area contributed by atoms with E-state index < -0.39 is 0 Å². The summed E-state index contributed by atoms with van der Waals surface area (Å²) in [6.07, 6.45) is 4.37. The zero-order valence-electron chi connectivity index (χ0n) is 9.22. The number of hydrogen-bond acceptors (Lipinski definition) is 4. The number of nitrogens with one attached hydrogen (secondary N) is 1. The maximum Gasteiger partial charge on any atom is 0.148 e. The molecule has 0 aliphatic carbocycles. The molecule has 16 heavy (non-hydrogen) atoms. The zero-order chi connectivity index (χ0) is 11.2. The third kappa shape index (κ3) is 2.76. The van der Waals surface area contributed by atoms with Crippen LogP contribution in [0.3, 0.4) is 0 Å².